The predicted molar refractivity (Wildman–Crippen MR) is 85.5 cm³/mol. The number of hydrogen-bond acceptors (Lipinski definition) is 1. The molecule has 1 N–H and O–H groups in total. The molecule has 1 aromatic carbocycles. The lowest BCUT2D eigenvalue weighted by atomic mass is 9.86. The first-order valence-electron chi connectivity index (χ1n) is 7.75. The molecule has 19 heavy (non-hydrogen) atoms. The number of unbranched alkanes of at least 4 members (excludes halogenated alkanes) is 2. The van der Waals surface area contributed by atoms with E-state index in [9.17, 15) is 0 Å². The summed E-state index contributed by atoms with van der Waals surface area (Å²) in [6, 6.07) is 9.11. The van der Waals surface area contributed by atoms with Gasteiger partial charge in [-0.15, -0.1) is 0 Å². The third-order valence-corrected chi connectivity index (χ3v) is 4.00. The van der Waals surface area contributed by atoms with Crippen molar-refractivity contribution in [3.8, 4) is 0 Å². The second kappa shape index (κ2) is 7.69. The standard InChI is InChI=1S/C18H31N/c1-6-7-10-13-18(4,5)14-19-16(3)17-12-9-8-11-15(17)2/h8-9,11-12,16,19H,6-7,10,13-14H2,1-5H3. The van der Waals surface area contributed by atoms with Gasteiger partial charge in [-0.2, -0.15) is 0 Å². The van der Waals surface area contributed by atoms with Gasteiger partial charge < -0.3 is 5.32 Å². The fourth-order valence-corrected chi connectivity index (χ4v) is 2.55. The van der Waals surface area contributed by atoms with E-state index in [1.165, 1.54) is 36.8 Å². The summed E-state index contributed by atoms with van der Waals surface area (Å²) in [4.78, 5) is 0. The Morgan fingerprint density at radius 3 is 2.47 bits per heavy atom. The van der Waals surface area contributed by atoms with Crippen LogP contribution in [0.2, 0.25) is 0 Å². The molecule has 0 saturated heterocycles. The maximum Gasteiger partial charge on any atom is 0.0294 e. The zero-order chi connectivity index (χ0) is 14.3. The highest BCUT2D eigenvalue weighted by Crippen LogP contribution is 2.24. The molecule has 1 atom stereocenters. The van der Waals surface area contributed by atoms with Crippen LogP contribution in [0.4, 0.5) is 0 Å². The van der Waals surface area contributed by atoms with Crippen molar-refractivity contribution >= 4 is 0 Å². The van der Waals surface area contributed by atoms with E-state index in [2.05, 4.69) is 64.2 Å². The smallest absolute Gasteiger partial charge is 0.0294 e. The molecule has 1 nitrogen and oxygen atoms in total. The maximum atomic E-state index is 3.71. The van der Waals surface area contributed by atoms with E-state index < -0.39 is 0 Å². The highest BCUT2D eigenvalue weighted by Gasteiger charge is 2.18. The van der Waals surface area contributed by atoms with E-state index in [0.717, 1.165) is 6.54 Å². The number of hydrogen-bond donors (Lipinski definition) is 1. The maximum absolute atomic E-state index is 3.71. The Morgan fingerprint density at radius 1 is 1.16 bits per heavy atom. The van der Waals surface area contributed by atoms with Crippen LogP contribution in [0, 0.1) is 12.3 Å². The molecule has 0 radical (unpaired) electrons. The second-order valence-corrected chi connectivity index (χ2v) is 6.58. The molecule has 0 spiro atoms. The largest absolute Gasteiger partial charge is 0.310 e. The van der Waals surface area contributed by atoms with Crippen molar-refractivity contribution in [2.24, 2.45) is 5.41 Å². The first kappa shape index (κ1) is 16.2. The molecule has 1 rings (SSSR count). The van der Waals surface area contributed by atoms with E-state index >= 15 is 0 Å². The van der Waals surface area contributed by atoms with Crippen LogP contribution in [0.3, 0.4) is 0 Å². The van der Waals surface area contributed by atoms with Crippen molar-refractivity contribution in [1.29, 1.82) is 0 Å². The Kier molecular flexibility index (Phi) is 6.57. The average molecular weight is 261 g/mol. The summed E-state index contributed by atoms with van der Waals surface area (Å²) in [6.07, 6.45) is 5.33. The summed E-state index contributed by atoms with van der Waals surface area (Å²) in [5.74, 6) is 0. The molecule has 0 amide bonds. The SMILES string of the molecule is CCCCCC(C)(C)CNC(C)c1ccccc1C. The van der Waals surface area contributed by atoms with E-state index in [1.54, 1.807) is 0 Å². The van der Waals surface area contributed by atoms with Gasteiger partial charge in [0.2, 0.25) is 0 Å². The van der Waals surface area contributed by atoms with Crippen LogP contribution in [0.15, 0.2) is 24.3 Å². The van der Waals surface area contributed by atoms with E-state index in [1.807, 2.05) is 0 Å². The van der Waals surface area contributed by atoms with Crippen molar-refractivity contribution in [2.45, 2.75) is 66.3 Å². The first-order chi connectivity index (χ1) is 8.96. The van der Waals surface area contributed by atoms with Gasteiger partial charge in [-0.3, -0.25) is 0 Å². The minimum absolute atomic E-state index is 0.395. The molecule has 0 saturated carbocycles. The fourth-order valence-electron chi connectivity index (χ4n) is 2.55. The quantitative estimate of drug-likeness (QED) is 0.630. The molecule has 0 aliphatic rings. The highest BCUT2D eigenvalue weighted by molar-refractivity contribution is 5.28. The van der Waals surface area contributed by atoms with Crippen LogP contribution in [0.5, 0.6) is 0 Å². The zero-order valence-corrected chi connectivity index (χ0v) is 13.4. The summed E-state index contributed by atoms with van der Waals surface area (Å²) in [5.41, 5.74) is 3.20. The monoisotopic (exact) mass is 261 g/mol. The minimum Gasteiger partial charge on any atom is -0.310 e. The average Bonchev–Trinajstić information content (AvgIpc) is 2.37. The Morgan fingerprint density at radius 2 is 1.84 bits per heavy atom. The van der Waals surface area contributed by atoms with Crippen molar-refractivity contribution in [2.75, 3.05) is 6.54 Å². The van der Waals surface area contributed by atoms with Crippen molar-refractivity contribution in [1.82, 2.24) is 5.32 Å². The molecule has 108 valence electrons. The van der Waals surface area contributed by atoms with Gasteiger partial charge >= 0.3 is 0 Å². The summed E-state index contributed by atoms with van der Waals surface area (Å²) in [6.45, 7) is 12.6. The topological polar surface area (TPSA) is 12.0 Å². The molecule has 0 heterocycles. The third-order valence-electron chi connectivity index (χ3n) is 4.00. The van der Waals surface area contributed by atoms with Gasteiger partial charge in [0.1, 0.15) is 0 Å². The second-order valence-electron chi connectivity index (χ2n) is 6.58. The molecule has 0 aromatic heterocycles. The molecular weight excluding hydrogens is 230 g/mol. The van der Waals surface area contributed by atoms with Crippen LogP contribution in [-0.2, 0) is 0 Å². The highest BCUT2D eigenvalue weighted by atomic mass is 14.9. The van der Waals surface area contributed by atoms with Crippen molar-refractivity contribution < 1.29 is 0 Å². The van der Waals surface area contributed by atoms with Gasteiger partial charge in [0.05, 0.1) is 0 Å². The van der Waals surface area contributed by atoms with Gasteiger partial charge in [0, 0.05) is 12.6 Å². The molecule has 0 fully saturated rings. The van der Waals surface area contributed by atoms with Crippen LogP contribution in [-0.4, -0.2) is 6.54 Å². The van der Waals surface area contributed by atoms with Gasteiger partial charge in [-0.05, 0) is 36.8 Å². The molecule has 1 heteroatoms. The van der Waals surface area contributed by atoms with Crippen LogP contribution >= 0.6 is 0 Å². The Bertz CT molecular complexity index is 368. The Balaban J connectivity index is 2.45. The Labute approximate surface area is 119 Å². The first-order valence-corrected chi connectivity index (χ1v) is 7.75. The van der Waals surface area contributed by atoms with Gasteiger partial charge in [-0.25, -0.2) is 0 Å². The summed E-state index contributed by atoms with van der Waals surface area (Å²) >= 11 is 0. The lowest BCUT2D eigenvalue weighted by Gasteiger charge is -2.28. The third kappa shape index (κ3) is 5.78. The van der Waals surface area contributed by atoms with Crippen molar-refractivity contribution in [3.05, 3.63) is 35.4 Å². The summed E-state index contributed by atoms with van der Waals surface area (Å²) < 4.78 is 0. The molecule has 0 bridgehead atoms. The molecule has 1 aromatic rings. The van der Waals surface area contributed by atoms with E-state index in [-0.39, 0.29) is 0 Å². The summed E-state index contributed by atoms with van der Waals surface area (Å²) in [7, 11) is 0. The van der Waals surface area contributed by atoms with Crippen LogP contribution in [0.25, 0.3) is 0 Å². The van der Waals surface area contributed by atoms with Crippen LogP contribution in [0.1, 0.15) is 70.5 Å². The molecule has 0 aliphatic heterocycles. The molecule has 1 unspecified atom stereocenters. The van der Waals surface area contributed by atoms with Crippen molar-refractivity contribution in [3.63, 3.8) is 0 Å². The normalized spacial score (nSPS) is 13.5. The predicted octanol–water partition coefficient (Wildman–Crippen LogP) is 5.25. The number of rotatable bonds is 8. The van der Waals surface area contributed by atoms with E-state index in [4.69, 9.17) is 0 Å². The number of benzene rings is 1. The summed E-state index contributed by atoms with van der Waals surface area (Å²) in [5, 5.41) is 3.71. The molecular formula is C18H31N. The zero-order valence-electron chi connectivity index (χ0n) is 13.4. The lowest BCUT2D eigenvalue weighted by Crippen LogP contribution is -2.31. The number of nitrogens with one attached hydrogen (secondary N) is 1. The molecule has 0 aliphatic carbocycles. The van der Waals surface area contributed by atoms with Gasteiger partial charge in [0.25, 0.3) is 0 Å². The van der Waals surface area contributed by atoms with E-state index in [0.29, 0.717) is 11.5 Å². The van der Waals surface area contributed by atoms with Gasteiger partial charge in [-0.1, -0.05) is 64.3 Å². The number of aryl methyl sites for hydroxylation is 1. The lowest BCUT2D eigenvalue weighted by molar-refractivity contribution is 0.290. The van der Waals surface area contributed by atoms with Gasteiger partial charge in [0.15, 0.2) is 0 Å². The fraction of sp³-hybridized carbons (Fsp3) is 0.667. The Hall–Kier alpha value is -0.820. The minimum atomic E-state index is 0.395. The van der Waals surface area contributed by atoms with Crippen LogP contribution < -0.4 is 5.32 Å².